The Bertz CT molecular complexity index is 173. The molecule has 0 spiro atoms. The van der Waals surface area contributed by atoms with Gasteiger partial charge in [0.15, 0.2) is 0 Å². The van der Waals surface area contributed by atoms with Gasteiger partial charge in [0.25, 0.3) is 0 Å². The topological polar surface area (TPSA) is 43.4 Å². The first-order valence-corrected chi connectivity index (χ1v) is 6.06. The lowest BCUT2D eigenvalue weighted by molar-refractivity contribution is 0.140. The van der Waals surface area contributed by atoms with Crippen molar-refractivity contribution in [2.75, 3.05) is 0 Å². The van der Waals surface area contributed by atoms with Crippen molar-refractivity contribution in [3.05, 3.63) is 0 Å². The Morgan fingerprint density at radius 2 is 1.90 bits per heavy atom. The van der Waals surface area contributed by atoms with Crippen LogP contribution in [0, 0.1) is 0 Å². The Kier molecular flexibility index (Phi) is 3.71. The Morgan fingerprint density at radius 3 is 2.00 bits per heavy atom. The molecule has 0 aliphatic heterocycles. The Balaban J connectivity index is 4.00. The first-order chi connectivity index (χ1) is 4.34. The maximum absolute atomic E-state index is 10.5. The predicted octanol–water partition coefficient (Wildman–Crippen LogP) is 3.20. The van der Waals surface area contributed by atoms with E-state index < -0.39 is 11.6 Å². The largest absolute Gasteiger partial charge is 0.456 e. The molecule has 0 N–H and O–H groups in total. The standard InChI is InChI=1S/C4H7Cl2O3P/c1-3(2)9-4(7)10(5,6)8/h3H,1-2H3. The summed E-state index contributed by atoms with van der Waals surface area (Å²) in [5.74, 6) is -3.73. The molecule has 0 rings (SSSR count). The van der Waals surface area contributed by atoms with Gasteiger partial charge in [0, 0.05) is 0 Å². The maximum Gasteiger partial charge on any atom is 0.395 e. The fourth-order valence-corrected chi connectivity index (χ4v) is 0.836. The van der Waals surface area contributed by atoms with Crippen LogP contribution in [0.15, 0.2) is 0 Å². The molecule has 0 aliphatic rings. The molecule has 0 radical (unpaired) electrons. The minimum atomic E-state index is -3.73. The first-order valence-electron chi connectivity index (χ1n) is 2.54. The van der Waals surface area contributed by atoms with Crippen molar-refractivity contribution in [3.8, 4) is 0 Å². The van der Waals surface area contributed by atoms with Gasteiger partial charge in [0.2, 0.25) is 0 Å². The van der Waals surface area contributed by atoms with E-state index in [1.807, 2.05) is 0 Å². The molecule has 6 heteroatoms. The second kappa shape index (κ2) is 3.61. The van der Waals surface area contributed by atoms with Crippen LogP contribution >= 0.6 is 28.3 Å². The van der Waals surface area contributed by atoms with Crippen molar-refractivity contribution in [2.45, 2.75) is 20.0 Å². The molecule has 0 aromatic rings. The highest BCUT2D eigenvalue weighted by Gasteiger charge is 2.28. The SMILES string of the molecule is CC(C)OC(=O)P(=O)(Cl)Cl. The predicted molar refractivity (Wildman–Crippen MR) is 40.9 cm³/mol. The molecule has 0 amide bonds. The molecule has 0 aromatic heterocycles. The number of rotatable bonds is 2. The lowest BCUT2D eigenvalue weighted by atomic mass is 10.5. The van der Waals surface area contributed by atoms with E-state index in [9.17, 15) is 9.36 Å². The summed E-state index contributed by atoms with van der Waals surface area (Å²) in [6.45, 7) is 3.22. The summed E-state index contributed by atoms with van der Waals surface area (Å²) in [6, 6.07) is 0. The van der Waals surface area contributed by atoms with Gasteiger partial charge >= 0.3 is 11.6 Å². The van der Waals surface area contributed by atoms with Gasteiger partial charge in [0.1, 0.15) is 0 Å². The van der Waals surface area contributed by atoms with Crippen LogP contribution in [0.4, 0.5) is 4.79 Å². The van der Waals surface area contributed by atoms with Gasteiger partial charge in [-0.05, 0) is 36.3 Å². The van der Waals surface area contributed by atoms with Gasteiger partial charge in [-0.3, -0.25) is 4.57 Å². The number of carbonyl (C=O) groups excluding carboxylic acids is 1. The molecular formula is C4H7Cl2O3P. The number of carbonyl (C=O) groups is 1. The second-order valence-corrected chi connectivity index (χ2v) is 6.56. The Labute approximate surface area is 68.6 Å². The first kappa shape index (κ1) is 10.3. The van der Waals surface area contributed by atoms with Crippen molar-refractivity contribution in [2.24, 2.45) is 0 Å². The maximum atomic E-state index is 10.5. The van der Waals surface area contributed by atoms with Gasteiger partial charge in [-0.15, -0.1) is 0 Å². The zero-order valence-corrected chi connectivity index (χ0v) is 7.91. The summed E-state index contributed by atoms with van der Waals surface area (Å²) in [5.41, 5.74) is -1.05. The van der Waals surface area contributed by atoms with Crippen LogP contribution in [0.3, 0.4) is 0 Å². The molecule has 0 heterocycles. The van der Waals surface area contributed by atoms with E-state index in [0.717, 1.165) is 0 Å². The number of hydrogen-bond donors (Lipinski definition) is 0. The lowest BCUT2D eigenvalue weighted by Crippen LogP contribution is -2.06. The van der Waals surface area contributed by atoms with Crippen LogP contribution in [0.1, 0.15) is 13.8 Å². The molecule has 0 bridgehead atoms. The molecule has 0 fully saturated rings. The molecule has 0 atom stereocenters. The van der Waals surface area contributed by atoms with Crippen LogP contribution in [-0.2, 0) is 9.30 Å². The van der Waals surface area contributed by atoms with Crippen LogP contribution in [0.2, 0.25) is 0 Å². The summed E-state index contributed by atoms with van der Waals surface area (Å²) in [6.07, 6.45) is -0.349. The van der Waals surface area contributed by atoms with E-state index >= 15 is 0 Å². The van der Waals surface area contributed by atoms with Crippen LogP contribution in [0.5, 0.6) is 0 Å². The van der Waals surface area contributed by atoms with Crippen molar-refractivity contribution in [1.82, 2.24) is 0 Å². The third-order valence-electron chi connectivity index (χ3n) is 0.549. The van der Waals surface area contributed by atoms with E-state index in [2.05, 4.69) is 4.74 Å². The minimum absolute atomic E-state index is 0.349. The highest BCUT2D eigenvalue weighted by atomic mass is 35.9. The third kappa shape index (κ3) is 4.15. The molecule has 3 nitrogen and oxygen atoms in total. The van der Waals surface area contributed by atoms with Gasteiger partial charge in [0.05, 0.1) is 6.10 Å². The molecule has 10 heavy (non-hydrogen) atoms. The average molecular weight is 205 g/mol. The molecular weight excluding hydrogens is 198 g/mol. The van der Waals surface area contributed by atoms with Gasteiger partial charge in [-0.2, -0.15) is 0 Å². The fraction of sp³-hybridized carbons (Fsp3) is 0.750. The van der Waals surface area contributed by atoms with E-state index in [0.29, 0.717) is 0 Å². The van der Waals surface area contributed by atoms with Crippen molar-refractivity contribution in [3.63, 3.8) is 0 Å². The van der Waals surface area contributed by atoms with E-state index in [1.54, 1.807) is 13.8 Å². The van der Waals surface area contributed by atoms with E-state index in [1.165, 1.54) is 0 Å². The van der Waals surface area contributed by atoms with E-state index in [4.69, 9.17) is 22.5 Å². The highest BCUT2D eigenvalue weighted by Crippen LogP contribution is 2.58. The van der Waals surface area contributed by atoms with Crippen LogP contribution in [0.25, 0.3) is 0 Å². The van der Waals surface area contributed by atoms with Crippen molar-refractivity contribution >= 4 is 34.0 Å². The number of halogens is 2. The van der Waals surface area contributed by atoms with Crippen LogP contribution < -0.4 is 0 Å². The summed E-state index contributed by atoms with van der Waals surface area (Å²) >= 11 is 9.95. The summed E-state index contributed by atoms with van der Waals surface area (Å²) in [4.78, 5) is 10.5. The molecule has 0 unspecified atom stereocenters. The van der Waals surface area contributed by atoms with Gasteiger partial charge in [-0.1, -0.05) is 0 Å². The molecule has 0 aromatic carbocycles. The molecule has 0 saturated carbocycles. The quantitative estimate of drug-likeness (QED) is 0.650. The molecule has 0 saturated heterocycles. The third-order valence-corrected chi connectivity index (χ3v) is 1.91. The second-order valence-electron chi connectivity index (χ2n) is 1.89. The number of hydrogen-bond acceptors (Lipinski definition) is 3. The molecule has 0 aliphatic carbocycles. The Morgan fingerprint density at radius 1 is 1.50 bits per heavy atom. The smallest absolute Gasteiger partial charge is 0.395 e. The average Bonchev–Trinajstić information content (AvgIpc) is 1.60. The normalized spacial score (nSPS) is 11.7. The lowest BCUT2D eigenvalue weighted by Gasteiger charge is -2.06. The zero-order chi connectivity index (χ0) is 8.36. The zero-order valence-electron chi connectivity index (χ0n) is 5.51. The summed E-state index contributed by atoms with van der Waals surface area (Å²) in [5, 5.41) is 0. The van der Waals surface area contributed by atoms with Crippen molar-refractivity contribution < 1.29 is 14.1 Å². The minimum Gasteiger partial charge on any atom is -0.456 e. The fourth-order valence-electron chi connectivity index (χ4n) is 0.263. The summed E-state index contributed by atoms with van der Waals surface area (Å²) < 4.78 is 15.0. The van der Waals surface area contributed by atoms with Crippen molar-refractivity contribution in [1.29, 1.82) is 0 Å². The van der Waals surface area contributed by atoms with Crippen LogP contribution in [-0.4, -0.2) is 11.8 Å². The number of ether oxygens (including phenoxy) is 1. The highest BCUT2D eigenvalue weighted by molar-refractivity contribution is 8.18. The monoisotopic (exact) mass is 204 g/mol. The van der Waals surface area contributed by atoms with Gasteiger partial charge < -0.3 is 4.74 Å². The van der Waals surface area contributed by atoms with Gasteiger partial charge in [-0.25, -0.2) is 4.79 Å². The van der Waals surface area contributed by atoms with E-state index in [-0.39, 0.29) is 6.10 Å². The summed E-state index contributed by atoms with van der Waals surface area (Å²) in [7, 11) is 0. The molecule has 60 valence electrons. The Hall–Kier alpha value is 0.280.